The van der Waals surface area contributed by atoms with E-state index in [1.54, 1.807) is 11.3 Å². The molecule has 4 aliphatic rings. The van der Waals surface area contributed by atoms with Crippen molar-refractivity contribution in [2.75, 3.05) is 0 Å². The van der Waals surface area contributed by atoms with Crippen LogP contribution in [0.3, 0.4) is 0 Å². The van der Waals surface area contributed by atoms with Gasteiger partial charge in [-0.2, -0.15) is 0 Å². The molecule has 4 bridgehead atoms. The number of rotatable bonds is 5. The average Bonchev–Trinajstić information content (AvgIpc) is 3.15. The number of nitrogens with two attached hydrogens (primary N) is 1. The predicted octanol–water partition coefficient (Wildman–Crippen LogP) is 4.92. The Balaban J connectivity index is 1.33. The lowest BCUT2D eigenvalue weighted by Gasteiger charge is -2.59. The molecule has 0 saturated heterocycles. The number of thiophene rings is 1. The molecule has 1 aromatic carbocycles. The van der Waals surface area contributed by atoms with E-state index in [2.05, 4.69) is 18.2 Å². The van der Waals surface area contributed by atoms with E-state index in [4.69, 9.17) is 5.73 Å². The van der Waals surface area contributed by atoms with E-state index in [1.807, 2.05) is 24.3 Å². The molecule has 4 aliphatic carbocycles. The van der Waals surface area contributed by atoms with Crippen molar-refractivity contribution in [3.05, 3.63) is 47.3 Å². The smallest absolute Gasteiger partial charge is 0.223 e. The zero-order valence-electron chi connectivity index (χ0n) is 15.4. The molecule has 3 nitrogen and oxygen atoms in total. The first-order chi connectivity index (χ1) is 13.0. The molecule has 1 heterocycles. The highest BCUT2D eigenvalue weighted by molar-refractivity contribution is 7.17. The second-order valence-electron chi connectivity index (χ2n) is 8.94. The minimum absolute atomic E-state index is 0.0996. The Kier molecular flexibility index (Phi) is 4.01. The summed E-state index contributed by atoms with van der Waals surface area (Å²) in [5, 5.41) is 0. The van der Waals surface area contributed by atoms with Gasteiger partial charge in [-0.3, -0.25) is 9.59 Å². The monoisotopic (exact) mass is 379 g/mol. The average molecular weight is 380 g/mol. The summed E-state index contributed by atoms with van der Waals surface area (Å²) in [5.74, 6) is 2.25. The van der Waals surface area contributed by atoms with Crippen LogP contribution in [-0.4, -0.2) is 11.7 Å². The second-order valence-corrected chi connectivity index (χ2v) is 10.0. The fraction of sp³-hybridized carbons (Fsp3) is 0.478. The van der Waals surface area contributed by atoms with Crippen LogP contribution in [-0.2, 0) is 4.79 Å². The van der Waals surface area contributed by atoms with Crippen LogP contribution in [0.15, 0.2) is 42.5 Å². The Morgan fingerprint density at radius 1 is 1.00 bits per heavy atom. The number of hydrogen-bond acceptors (Lipinski definition) is 3. The first-order valence-corrected chi connectivity index (χ1v) is 10.8. The first-order valence-electron chi connectivity index (χ1n) is 10.0. The van der Waals surface area contributed by atoms with Crippen LogP contribution in [0.25, 0.3) is 10.4 Å². The van der Waals surface area contributed by atoms with Gasteiger partial charge in [0.15, 0.2) is 5.78 Å². The largest absolute Gasteiger partial charge is 0.369 e. The van der Waals surface area contributed by atoms with E-state index >= 15 is 0 Å². The number of carbonyl (C=O) groups excluding carboxylic acids is 2. The maximum absolute atomic E-state index is 13.0. The summed E-state index contributed by atoms with van der Waals surface area (Å²) in [6.45, 7) is 0. The van der Waals surface area contributed by atoms with Crippen LogP contribution in [0, 0.1) is 29.1 Å². The molecular weight excluding hydrogens is 354 g/mol. The minimum atomic E-state index is -0.264. The van der Waals surface area contributed by atoms with Crippen LogP contribution < -0.4 is 5.73 Å². The lowest BCUT2D eigenvalue weighted by molar-refractivity contribution is -0.149. The molecule has 140 valence electrons. The van der Waals surface area contributed by atoms with Gasteiger partial charge in [0.25, 0.3) is 0 Å². The standard InChI is InChI=1S/C23H25NO2S/c24-22(26)23-11-14-8-16(12-23)18(17(9-14)13-23)10-19(25)21-7-6-20(27-21)15-4-2-1-3-5-15/h1-7,14,16-18H,8-13H2,(H2,24,26). The fourth-order valence-corrected chi connectivity index (χ4v) is 7.28. The van der Waals surface area contributed by atoms with Crippen molar-refractivity contribution in [2.45, 2.75) is 38.5 Å². The van der Waals surface area contributed by atoms with Gasteiger partial charge in [0, 0.05) is 16.7 Å². The van der Waals surface area contributed by atoms with E-state index in [9.17, 15) is 9.59 Å². The van der Waals surface area contributed by atoms with Crippen molar-refractivity contribution < 1.29 is 9.59 Å². The molecule has 4 heteroatoms. The van der Waals surface area contributed by atoms with Gasteiger partial charge in [0.2, 0.25) is 5.91 Å². The Hall–Kier alpha value is -1.94. The molecule has 2 unspecified atom stereocenters. The molecule has 2 atom stereocenters. The van der Waals surface area contributed by atoms with Crippen molar-refractivity contribution in [1.82, 2.24) is 0 Å². The summed E-state index contributed by atoms with van der Waals surface area (Å²) in [6, 6.07) is 14.3. The Bertz CT molecular complexity index is 871. The summed E-state index contributed by atoms with van der Waals surface area (Å²) in [4.78, 5) is 27.1. The summed E-state index contributed by atoms with van der Waals surface area (Å²) in [5.41, 5.74) is 6.69. The zero-order chi connectivity index (χ0) is 18.6. The number of carbonyl (C=O) groups is 2. The highest BCUT2D eigenvalue weighted by Gasteiger charge is 2.57. The van der Waals surface area contributed by atoms with Gasteiger partial charge in [0.1, 0.15) is 0 Å². The molecule has 6 rings (SSSR count). The number of benzene rings is 1. The molecule has 0 radical (unpaired) electrons. The van der Waals surface area contributed by atoms with Crippen molar-refractivity contribution in [3.63, 3.8) is 0 Å². The van der Waals surface area contributed by atoms with Gasteiger partial charge < -0.3 is 5.73 Å². The molecule has 4 saturated carbocycles. The van der Waals surface area contributed by atoms with Crippen molar-refractivity contribution in [1.29, 1.82) is 0 Å². The fourth-order valence-electron chi connectivity index (χ4n) is 6.32. The summed E-state index contributed by atoms with van der Waals surface area (Å²) < 4.78 is 0. The highest BCUT2D eigenvalue weighted by atomic mass is 32.1. The van der Waals surface area contributed by atoms with Crippen LogP contribution in [0.2, 0.25) is 0 Å². The maximum atomic E-state index is 13.0. The number of ketones is 1. The topological polar surface area (TPSA) is 60.2 Å². The van der Waals surface area contributed by atoms with E-state index in [1.165, 1.54) is 18.4 Å². The molecule has 2 N–H and O–H groups in total. The summed E-state index contributed by atoms with van der Waals surface area (Å²) >= 11 is 1.60. The van der Waals surface area contributed by atoms with Gasteiger partial charge >= 0.3 is 0 Å². The molecule has 4 fully saturated rings. The normalized spacial score (nSPS) is 33.9. The number of primary amides is 1. The minimum Gasteiger partial charge on any atom is -0.369 e. The lowest BCUT2D eigenvalue weighted by Crippen LogP contribution is -2.56. The van der Waals surface area contributed by atoms with Gasteiger partial charge in [-0.1, -0.05) is 30.3 Å². The summed E-state index contributed by atoms with van der Waals surface area (Å²) in [7, 11) is 0. The van der Waals surface area contributed by atoms with Crippen LogP contribution in [0.4, 0.5) is 0 Å². The number of amides is 1. The third kappa shape index (κ3) is 2.85. The predicted molar refractivity (Wildman–Crippen MR) is 107 cm³/mol. The molecule has 0 aliphatic heterocycles. The SMILES string of the molecule is NC(=O)C12CC3CC(C1)C(CC(=O)c1ccc(-c4ccccc4)s1)C(C3)C2. The molecule has 1 aromatic heterocycles. The second kappa shape index (κ2) is 6.30. The Labute approximate surface area is 164 Å². The van der Waals surface area contributed by atoms with E-state index in [-0.39, 0.29) is 17.1 Å². The van der Waals surface area contributed by atoms with Crippen LogP contribution in [0.1, 0.15) is 48.2 Å². The lowest BCUT2D eigenvalue weighted by atomic mass is 9.45. The van der Waals surface area contributed by atoms with Gasteiger partial charge in [-0.05, 0) is 73.5 Å². The maximum Gasteiger partial charge on any atom is 0.223 e. The third-order valence-electron chi connectivity index (χ3n) is 7.35. The van der Waals surface area contributed by atoms with Gasteiger partial charge in [0.05, 0.1) is 4.88 Å². The number of hydrogen-bond donors (Lipinski definition) is 1. The van der Waals surface area contributed by atoms with Crippen molar-refractivity contribution in [3.8, 4) is 10.4 Å². The third-order valence-corrected chi connectivity index (χ3v) is 8.53. The zero-order valence-corrected chi connectivity index (χ0v) is 16.2. The highest BCUT2D eigenvalue weighted by Crippen LogP contribution is 2.62. The van der Waals surface area contributed by atoms with Crippen LogP contribution in [0.5, 0.6) is 0 Å². The van der Waals surface area contributed by atoms with E-state index in [0.717, 1.165) is 29.0 Å². The Morgan fingerprint density at radius 2 is 1.70 bits per heavy atom. The Morgan fingerprint density at radius 3 is 2.37 bits per heavy atom. The molecule has 0 spiro atoms. The quantitative estimate of drug-likeness (QED) is 0.750. The van der Waals surface area contributed by atoms with Crippen molar-refractivity contribution >= 4 is 23.0 Å². The van der Waals surface area contributed by atoms with Gasteiger partial charge in [-0.25, -0.2) is 0 Å². The molecule has 2 aromatic rings. The van der Waals surface area contributed by atoms with Crippen LogP contribution >= 0.6 is 11.3 Å². The first kappa shape index (κ1) is 17.2. The summed E-state index contributed by atoms with van der Waals surface area (Å²) in [6.07, 6.45) is 5.80. The van der Waals surface area contributed by atoms with E-state index in [0.29, 0.717) is 30.1 Å². The van der Waals surface area contributed by atoms with E-state index < -0.39 is 0 Å². The number of Topliss-reactive ketones (excluding diaryl/α,β-unsaturated/α-hetero) is 1. The molecule has 27 heavy (non-hydrogen) atoms. The molecular formula is C23H25NO2S. The van der Waals surface area contributed by atoms with Gasteiger partial charge in [-0.15, -0.1) is 11.3 Å². The van der Waals surface area contributed by atoms with Crippen molar-refractivity contribution in [2.24, 2.45) is 34.8 Å². The molecule has 1 amide bonds.